The summed E-state index contributed by atoms with van der Waals surface area (Å²) in [6.07, 6.45) is -1.40. The van der Waals surface area contributed by atoms with Crippen molar-refractivity contribution >= 4 is 23.1 Å². The summed E-state index contributed by atoms with van der Waals surface area (Å²) in [4.78, 5) is 23.9. The van der Waals surface area contributed by atoms with E-state index in [1.165, 1.54) is 18.3 Å². The van der Waals surface area contributed by atoms with E-state index in [1.807, 2.05) is 13.0 Å². The number of hydrogen-bond donors (Lipinski definition) is 1. The molecule has 0 spiro atoms. The van der Waals surface area contributed by atoms with E-state index in [-0.39, 0.29) is 5.56 Å². The predicted molar refractivity (Wildman–Crippen MR) is 123 cm³/mol. The summed E-state index contributed by atoms with van der Waals surface area (Å²) in [5.74, 6) is 0.192. The molecule has 1 aliphatic rings. The molecule has 0 radical (unpaired) electrons. The number of halogens is 3. The normalized spacial score (nSPS) is 14.3. The Hall–Kier alpha value is -3.99. The highest BCUT2D eigenvalue weighted by Crippen LogP contribution is 2.31. The molecule has 4 aromatic rings. The van der Waals surface area contributed by atoms with Gasteiger partial charge in [0, 0.05) is 42.0 Å². The maximum atomic E-state index is 13.0. The highest BCUT2D eigenvalue weighted by molar-refractivity contribution is 6.04. The number of alkyl halides is 3. The standard InChI is InChI=1S/C24H21F3N6O2/c1-15-19(20-13-22(32-7-9-35-10-8-32)33-21(31-20)5-6-29-33)12-18(14-28-15)30-23(34)16-3-2-4-17(11-16)24(25,26)27/h2-6,11-14H,7-10H2,1H3,(H,30,34). The van der Waals surface area contributed by atoms with Crippen LogP contribution in [-0.4, -0.2) is 51.8 Å². The van der Waals surface area contributed by atoms with E-state index in [1.54, 1.807) is 22.8 Å². The molecule has 1 saturated heterocycles. The van der Waals surface area contributed by atoms with E-state index in [2.05, 4.69) is 20.3 Å². The van der Waals surface area contributed by atoms with Crippen molar-refractivity contribution < 1.29 is 22.7 Å². The number of carbonyl (C=O) groups excluding carboxylic acids is 1. The Balaban J connectivity index is 1.48. The molecule has 1 amide bonds. The molecular weight excluding hydrogens is 461 g/mol. The van der Waals surface area contributed by atoms with E-state index in [0.717, 1.165) is 18.0 Å². The van der Waals surface area contributed by atoms with Gasteiger partial charge in [0.05, 0.1) is 42.6 Å². The number of hydrogen-bond acceptors (Lipinski definition) is 6. The second-order valence-electron chi connectivity index (χ2n) is 8.09. The number of anilines is 2. The van der Waals surface area contributed by atoms with Gasteiger partial charge in [-0.25, -0.2) is 4.98 Å². The lowest BCUT2D eigenvalue weighted by Gasteiger charge is -2.29. The van der Waals surface area contributed by atoms with Crippen molar-refractivity contribution in [2.75, 3.05) is 36.5 Å². The van der Waals surface area contributed by atoms with Crippen LogP contribution in [0.25, 0.3) is 16.9 Å². The first kappa shape index (κ1) is 22.8. The van der Waals surface area contributed by atoms with Crippen LogP contribution in [-0.2, 0) is 10.9 Å². The molecule has 180 valence electrons. The van der Waals surface area contributed by atoms with Gasteiger partial charge in [-0.1, -0.05) is 6.07 Å². The summed E-state index contributed by atoms with van der Waals surface area (Å²) >= 11 is 0. The lowest BCUT2D eigenvalue weighted by atomic mass is 10.1. The van der Waals surface area contributed by atoms with Crippen LogP contribution in [0.4, 0.5) is 24.7 Å². The zero-order chi connectivity index (χ0) is 24.6. The average Bonchev–Trinajstić information content (AvgIpc) is 3.33. The number of carbonyl (C=O) groups is 1. The minimum absolute atomic E-state index is 0.102. The van der Waals surface area contributed by atoms with Crippen molar-refractivity contribution in [3.63, 3.8) is 0 Å². The Labute approximate surface area is 198 Å². The Morgan fingerprint density at radius 2 is 1.91 bits per heavy atom. The molecule has 3 aromatic heterocycles. The number of ether oxygens (including phenoxy) is 1. The Morgan fingerprint density at radius 3 is 2.69 bits per heavy atom. The summed E-state index contributed by atoms with van der Waals surface area (Å²) < 4.78 is 46.3. The second kappa shape index (κ2) is 8.99. The van der Waals surface area contributed by atoms with E-state index in [0.29, 0.717) is 54.6 Å². The summed E-state index contributed by atoms with van der Waals surface area (Å²) in [7, 11) is 0. The first-order valence-electron chi connectivity index (χ1n) is 10.9. The lowest BCUT2D eigenvalue weighted by molar-refractivity contribution is -0.137. The Bertz CT molecular complexity index is 1400. The summed E-state index contributed by atoms with van der Waals surface area (Å²) in [5.41, 5.74) is 2.02. The molecule has 0 atom stereocenters. The zero-order valence-corrected chi connectivity index (χ0v) is 18.7. The molecule has 1 fully saturated rings. The fourth-order valence-electron chi connectivity index (χ4n) is 3.95. The van der Waals surface area contributed by atoms with E-state index in [4.69, 9.17) is 9.72 Å². The molecule has 8 nitrogen and oxygen atoms in total. The van der Waals surface area contributed by atoms with Gasteiger partial charge in [0.15, 0.2) is 5.65 Å². The molecule has 11 heteroatoms. The van der Waals surface area contributed by atoms with Crippen LogP contribution in [0.3, 0.4) is 0 Å². The van der Waals surface area contributed by atoms with Gasteiger partial charge < -0.3 is 15.0 Å². The molecule has 1 aromatic carbocycles. The fourth-order valence-corrected chi connectivity index (χ4v) is 3.95. The Morgan fingerprint density at radius 1 is 1.11 bits per heavy atom. The summed E-state index contributed by atoms with van der Waals surface area (Å²) in [6, 6.07) is 9.70. The van der Waals surface area contributed by atoms with Crippen LogP contribution < -0.4 is 10.2 Å². The largest absolute Gasteiger partial charge is 0.416 e. The van der Waals surface area contributed by atoms with Crippen LogP contribution in [0.2, 0.25) is 0 Å². The lowest BCUT2D eigenvalue weighted by Crippen LogP contribution is -2.37. The number of nitrogens with zero attached hydrogens (tertiary/aromatic N) is 5. The number of fused-ring (bicyclic) bond motifs is 1. The quantitative estimate of drug-likeness (QED) is 0.469. The van der Waals surface area contributed by atoms with E-state index < -0.39 is 17.6 Å². The van der Waals surface area contributed by atoms with Gasteiger partial charge in [0.2, 0.25) is 0 Å². The monoisotopic (exact) mass is 482 g/mol. The smallest absolute Gasteiger partial charge is 0.378 e. The van der Waals surface area contributed by atoms with Gasteiger partial charge in [-0.05, 0) is 31.2 Å². The molecule has 0 unspecified atom stereocenters. The molecule has 1 N–H and O–H groups in total. The molecular formula is C24H21F3N6O2. The van der Waals surface area contributed by atoms with E-state index >= 15 is 0 Å². The van der Waals surface area contributed by atoms with Gasteiger partial charge >= 0.3 is 6.18 Å². The van der Waals surface area contributed by atoms with Crippen molar-refractivity contribution in [2.45, 2.75) is 13.1 Å². The average molecular weight is 482 g/mol. The van der Waals surface area contributed by atoms with Crippen molar-refractivity contribution in [3.05, 3.63) is 71.7 Å². The van der Waals surface area contributed by atoms with Crippen LogP contribution in [0.15, 0.2) is 54.9 Å². The third-order valence-electron chi connectivity index (χ3n) is 5.75. The summed E-state index contributed by atoms with van der Waals surface area (Å²) in [5, 5.41) is 7.03. The number of aromatic nitrogens is 4. The molecule has 1 aliphatic heterocycles. The van der Waals surface area contributed by atoms with Gasteiger partial charge in [0.1, 0.15) is 5.82 Å². The number of pyridine rings is 1. The van der Waals surface area contributed by atoms with Crippen molar-refractivity contribution in [1.29, 1.82) is 0 Å². The minimum Gasteiger partial charge on any atom is -0.378 e. The number of aryl methyl sites for hydroxylation is 1. The fraction of sp³-hybridized carbons (Fsp3) is 0.250. The number of benzene rings is 1. The van der Waals surface area contributed by atoms with Crippen molar-refractivity contribution in [2.24, 2.45) is 0 Å². The van der Waals surface area contributed by atoms with E-state index in [9.17, 15) is 18.0 Å². The molecule has 4 heterocycles. The first-order valence-corrected chi connectivity index (χ1v) is 10.9. The minimum atomic E-state index is -4.54. The molecule has 35 heavy (non-hydrogen) atoms. The maximum absolute atomic E-state index is 13.0. The van der Waals surface area contributed by atoms with Gasteiger partial charge in [-0.3, -0.25) is 9.78 Å². The zero-order valence-electron chi connectivity index (χ0n) is 18.7. The topological polar surface area (TPSA) is 84.7 Å². The van der Waals surface area contributed by atoms with Crippen LogP contribution in [0.1, 0.15) is 21.6 Å². The molecule has 5 rings (SSSR count). The maximum Gasteiger partial charge on any atom is 0.416 e. The van der Waals surface area contributed by atoms with Crippen molar-refractivity contribution in [1.82, 2.24) is 19.6 Å². The highest BCUT2D eigenvalue weighted by atomic mass is 19.4. The number of morpholine rings is 1. The van der Waals surface area contributed by atoms with Gasteiger partial charge in [-0.2, -0.15) is 22.8 Å². The summed E-state index contributed by atoms with van der Waals surface area (Å²) in [6.45, 7) is 4.46. The van der Waals surface area contributed by atoms with Crippen molar-refractivity contribution in [3.8, 4) is 11.3 Å². The molecule has 0 aliphatic carbocycles. The number of nitrogens with one attached hydrogen (secondary N) is 1. The molecule has 0 saturated carbocycles. The SMILES string of the molecule is Cc1ncc(NC(=O)c2cccc(C(F)(F)F)c2)cc1-c1cc(N2CCOCC2)n2nccc2n1. The van der Waals surface area contributed by atoms with Crippen LogP contribution >= 0.6 is 0 Å². The van der Waals surface area contributed by atoms with Crippen LogP contribution in [0, 0.1) is 6.92 Å². The molecule has 0 bridgehead atoms. The van der Waals surface area contributed by atoms with Crippen LogP contribution in [0.5, 0.6) is 0 Å². The van der Waals surface area contributed by atoms with Gasteiger partial charge in [0.25, 0.3) is 5.91 Å². The predicted octanol–water partition coefficient (Wildman–Crippen LogP) is 4.21. The second-order valence-corrected chi connectivity index (χ2v) is 8.09. The van der Waals surface area contributed by atoms with Gasteiger partial charge in [-0.15, -0.1) is 0 Å². The third-order valence-corrected chi connectivity index (χ3v) is 5.75. The number of amides is 1. The Kier molecular flexibility index (Phi) is 5.85. The highest BCUT2D eigenvalue weighted by Gasteiger charge is 2.31. The third kappa shape index (κ3) is 4.67. The number of rotatable bonds is 4. The first-order chi connectivity index (χ1) is 16.8.